The molecule has 0 aromatic carbocycles. The summed E-state index contributed by atoms with van der Waals surface area (Å²) < 4.78 is 1.14. The number of thiophene rings is 1. The number of aromatic carboxylic acids is 1. The third-order valence-electron chi connectivity index (χ3n) is 2.78. The van der Waals surface area contributed by atoms with Crippen molar-refractivity contribution in [1.82, 2.24) is 4.57 Å². The average Bonchev–Trinajstić information content (AvgIpc) is 2.80. The number of hydrogen-bond donors (Lipinski definition) is 1. The minimum atomic E-state index is -1.08. The number of aromatic nitrogens is 1. The van der Waals surface area contributed by atoms with E-state index in [1.807, 2.05) is 0 Å². The number of nitro groups is 1. The molecule has 8 heteroatoms. The summed E-state index contributed by atoms with van der Waals surface area (Å²) in [4.78, 5) is 33.2. The maximum absolute atomic E-state index is 11.8. The molecule has 2 heterocycles. The number of hydrogen-bond acceptors (Lipinski definition) is 5. The molecule has 20 heavy (non-hydrogen) atoms. The van der Waals surface area contributed by atoms with E-state index in [-0.39, 0.29) is 22.7 Å². The molecule has 0 atom stereocenters. The summed E-state index contributed by atoms with van der Waals surface area (Å²) in [6.07, 6.45) is 1.14. The molecular weight excluding hydrogens is 284 g/mol. The fourth-order valence-electron chi connectivity index (χ4n) is 1.80. The second-order valence-electron chi connectivity index (χ2n) is 4.15. The van der Waals surface area contributed by atoms with Crippen molar-refractivity contribution in [2.45, 2.75) is 13.5 Å². The van der Waals surface area contributed by atoms with E-state index < -0.39 is 16.5 Å². The van der Waals surface area contributed by atoms with Crippen LogP contribution in [0.5, 0.6) is 0 Å². The van der Waals surface area contributed by atoms with Crippen LogP contribution < -0.4 is 5.56 Å². The molecule has 0 bridgehead atoms. The Bertz CT molecular complexity index is 747. The van der Waals surface area contributed by atoms with Crippen molar-refractivity contribution in [3.8, 4) is 0 Å². The highest BCUT2D eigenvalue weighted by Gasteiger charge is 2.16. The summed E-state index contributed by atoms with van der Waals surface area (Å²) in [5.41, 5.74) is 0.148. The number of carboxylic acid groups (broad SMARTS) is 1. The molecule has 0 amide bonds. The topological polar surface area (TPSA) is 102 Å². The van der Waals surface area contributed by atoms with Crippen molar-refractivity contribution in [2.75, 3.05) is 0 Å². The first-order valence-corrected chi connectivity index (χ1v) is 6.43. The molecule has 0 aliphatic heterocycles. The van der Waals surface area contributed by atoms with E-state index in [4.69, 9.17) is 5.11 Å². The van der Waals surface area contributed by atoms with Crippen LogP contribution in [-0.4, -0.2) is 20.6 Å². The maximum atomic E-state index is 11.8. The van der Waals surface area contributed by atoms with Gasteiger partial charge in [-0.2, -0.15) is 0 Å². The van der Waals surface area contributed by atoms with E-state index >= 15 is 0 Å². The second-order valence-corrected chi connectivity index (χ2v) is 5.06. The van der Waals surface area contributed by atoms with Gasteiger partial charge in [-0.3, -0.25) is 14.9 Å². The Kier molecular flexibility index (Phi) is 3.66. The van der Waals surface area contributed by atoms with Crippen molar-refractivity contribution in [1.29, 1.82) is 0 Å². The smallest absolute Gasteiger partial charge is 0.346 e. The molecular formula is C12H10N2O5S. The number of carbonyl (C=O) groups is 1. The van der Waals surface area contributed by atoms with Crippen LogP contribution in [0.1, 0.15) is 20.8 Å². The Labute approximate surface area is 116 Å². The third-order valence-corrected chi connectivity index (χ3v) is 3.73. The van der Waals surface area contributed by atoms with Crippen LogP contribution in [0, 0.1) is 17.0 Å². The summed E-state index contributed by atoms with van der Waals surface area (Å²) in [6.45, 7) is 1.47. The van der Waals surface area contributed by atoms with Gasteiger partial charge in [-0.25, -0.2) is 4.79 Å². The highest BCUT2D eigenvalue weighted by Crippen LogP contribution is 2.19. The van der Waals surface area contributed by atoms with E-state index in [1.54, 1.807) is 11.4 Å². The number of pyridine rings is 1. The lowest BCUT2D eigenvalue weighted by atomic mass is 10.2. The van der Waals surface area contributed by atoms with Crippen molar-refractivity contribution in [3.05, 3.63) is 60.2 Å². The van der Waals surface area contributed by atoms with Gasteiger partial charge in [-0.15, -0.1) is 11.3 Å². The Hall–Kier alpha value is -2.48. The minimum absolute atomic E-state index is 0.00884. The van der Waals surface area contributed by atoms with Crippen molar-refractivity contribution >= 4 is 23.0 Å². The van der Waals surface area contributed by atoms with Crippen LogP contribution in [-0.2, 0) is 6.54 Å². The predicted octanol–water partition coefficient (Wildman–Crippen LogP) is 1.87. The van der Waals surface area contributed by atoms with Crippen LogP contribution in [0.4, 0.5) is 5.69 Å². The van der Waals surface area contributed by atoms with Crippen LogP contribution in [0.2, 0.25) is 0 Å². The van der Waals surface area contributed by atoms with Gasteiger partial charge >= 0.3 is 5.97 Å². The molecule has 2 aromatic rings. The fraction of sp³-hybridized carbons (Fsp3) is 0.167. The molecule has 1 N–H and O–H groups in total. The SMILES string of the molecule is Cc1cc(=O)n(Cc2ccsc2C(=O)O)cc1[N+](=O)[O-]. The molecule has 0 unspecified atom stereocenters. The number of carboxylic acids is 1. The molecule has 2 aromatic heterocycles. The first kappa shape index (κ1) is 13.9. The quantitative estimate of drug-likeness (QED) is 0.685. The number of rotatable bonds is 4. The van der Waals surface area contributed by atoms with Crippen LogP contribution >= 0.6 is 11.3 Å². The normalized spacial score (nSPS) is 10.4. The van der Waals surface area contributed by atoms with Gasteiger partial charge in [0, 0.05) is 11.6 Å². The van der Waals surface area contributed by atoms with Crippen LogP contribution in [0.25, 0.3) is 0 Å². The summed E-state index contributed by atoms with van der Waals surface area (Å²) in [5.74, 6) is -1.08. The van der Waals surface area contributed by atoms with Crippen molar-refractivity contribution in [3.63, 3.8) is 0 Å². The minimum Gasteiger partial charge on any atom is -0.477 e. The van der Waals surface area contributed by atoms with Gasteiger partial charge in [-0.1, -0.05) is 0 Å². The van der Waals surface area contributed by atoms with E-state index in [0.29, 0.717) is 5.56 Å². The fourth-order valence-corrected chi connectivity index (χ4v) is 2.55. The van der Waals surface area contributed by atoms with E-state index in [2.05, 4.69) is 0 Å². The lowest BCUT2D eigenvalue weighted by Crippen LogP contribution is -2.21. The highest BCUT2D eigenvalue weighted by atomic mass is 32.1. The summed E-state index contributed by atoms with van der Waals surface area (Å²) in [6, 6.07) is 2.76. The van der Waals surface area contributed by atoms with Gasteiger partial charge in [0.05, 0.1) is 17.7 Å². The van der Waals surface area contributed by atoms with Gasteiger partial charge in [-0.05, 0) is 23.9 Å². The molecule has 0 saturated heterocycles. The summed E-state index contributed by atoms with van der Waals surface area (Å²) in [5, 5.41) is 21.5. The molecule has 0 aliphatic carbocycles. The zero-order valence-corrected chi connectivity index (χ0v) is 11.2. The first-order valence-electron chi connectivity index (χ1n) is 5.55. The monoisotopic (exact) mass is 294 g/mol. The number of nitrogens with zero attached hydrogens (tertiary/aromatic N) is 2. The number of aryl methyl sites for hydroxylation is 1. The van der Waals surface area contributed by atoms with E-state index in [1.165, 1.54) is 13.0 Å². The zero-order valence-electron chi connectivity index (χ0n) is 10.4. The second kappa shape index (κ2) is 5.25. The lowest BCUT2D eigenvalue weighted by molar-refractivity contribution is -0.385. The maximum Gasteiger partial charge on any atom is 0.346 e. The van der Waals surface area contributed by atoms with Crippen molar-refractivity contribution < 1.29 is 14.8 Å². The molecule has 0 spiro atoms. The Morgan fingerprint density at radius 1 is 1.55 bits per heavy atom. The Morgan fingerprint density at radius 2 is 2.25 bits per heavy atom. The Morgan fingerprint density at radius 3 is 2.85 bits per heavy atom. The van der Waals surface area contributed by atoms with Gasteiger partial charge in [0.15, 0.2) is 0 Å². The predicted molar refractivity (Wildman–Crippen MR) is 72.5 cm³/mol. The van der Waals surface area contributed by atoms with E-state index in [0.717, 1.165) is 22.1 Å². The summed E-state index contributed by atoms with van der Waals surface area (Å²) in [7, 11) is 0. The largest absolute Gasteiger partial charge is 0.477 e. The highest BCUT2D eigenvalue weighted by molar-refractivity contribution is 7.12. The van der Waals surface area contributed by atoms with E-state index in [9.17, 15) is 19.7 Å². The van der Waals surface area contributed by atoms with Gasteiger partial charge in [0.25, 0.3) is 11.2 Å². The molecule has 0 fully saturated rings. The average molecular weight is 294 g/mol. The van der Waals surface area contributed by atoms with Gasteiger partial charge in [0.2, 0.25) is 0 Å². The van der Waals surface area contributed by atoms with Crippen LogP contribution in [0.15, 0.2) is 28.5 Å². The lowest BCUT2D eigenvalue weighted by Gasteiger charge is -2.06. The van der Waals surface area contributed by atoms with Gasteiger partial charge < -0.3 is 9.67 Å². The molecule has 0 saturated carbocycles. The van der Waals surface area contributed by atoms with Crippen LogP contribution in [0.3, 0.4) is 0 Å². The third kappa shape index (κ3) is 2.59. The Balaban J connectivity index is 2.46. The standard InChI is InChI=1S/C12H10N2O5S/c1-7-4-10(15)13(6-9(7)14(18)19)5-8-2-3-20-11(8)12(16)17/h2-4,6H,5H2,1H3,(H,16,17). The zero-order chi connectivity index (χ0) is 14.9. The molecule has 7 nitrogen and oxygen atoms in total. The molecule has 0 aliphatic rings. The van der Waals surface area contributed by atoms with Gasteiger partial charge in [0.1, 0.15) is 4.88 Å². The summed E-state index contributed by atoms with van der Waals surface area (Å²) >= 11 is 1.05. The van der Waals surface area contributed by atoms with Crippen molar-refractivity contribution in [2.24, 2.45) is 0 Å². The molecule has 104 valence electrons. The molecule has 0 radical (unpaired) electrons. The first-order chi connectivity index (χ1) is 9.40. The molecule has 2 rings (SSSR count).